The second kappa shape index (κ2) is 8.70. The van der Waals surface area contributed by atoms with E-state index in [1.807, 2.05) is 24.3 Å². The lowest BCUT2D eigenvalue weighted by molar-refractivity contribution is 0.0690. The third kappa shape index (κ3) is 5.07. The van der Waals surface area contributed by atoms with Crippen LogP contribution in [0.25, 0.3) is 12.2 Å². The van der Waals surface area contributed by atoms with E-state index in [0.717, 1.165) is 40.5 Å². The zero-order valence-electron chi connectivity index (χ0n) is 18.6. The number of allylic oxidation sites excluding steroid dienone is 2. The minimum atomic E-state index is -0.989. The summed E-state index contributed by atoms with van der Waals surface area (Å²) in [7, 11) is 0. The standard InChI is InChI=1S/C27H31NO3/c1-27(2,3)20-11-13-21(14-12-20)31-22-9-6-10-23-19(16-22)17-25(26(29)30)28-24(23)15-18-7-4-5-8-18/h9-14,16-18H,4-8,15H2,1-3H3,(H,29,30). The molecular weight excluding hydrogens is 386 g/mol. The Labute approximate surface area is 184 Å². The zero-order valence-corrected chi connectivity index (χ0v) is 18.6. The van der Waals surface area contributed by atoms with Gasteiger partial charge in [0.25, 0.3) is 0 Å². The van der Waals surface area contributed by atoms with Crippen LogP contribution in [0.4, 0.5) is 0 Å². The number of aromatic carboxylic acids is 1. The third-order valence-corrected chi connectivity index (χ3v) is 6.24. The van der Waals surface area contributed by atoms with Crippen LogP contribution in [0.3, 0.4) is 0 Å². The van der Waals surface area contributed by atoms with Crippen LogP contribution in [0.5, 0.6) is 5.75 Å². The van der Waals surface area contributed by atoms with Crippen LogP contribution in [0.15, 0.2) is 42.2 Å². The number of hydrogen-bond acceptors (Lipinski definition) is 3. The molecule has 1 N–H and O–H groups in total. The van der Waals surface area contributed by atoms with E-state index in [4.69, 9.17) is 4.74 Å². The highest BCUT2D eigenvalue weighted by Crippen LogP contribution is 2.27. The Bertz CT molecular complexity index is 1110. The second-order valence-electron chi connectivity index (χ2n) is 9.68. The van der Waals surface area contributed by atoms with Gasteiger partial charge in [0, 0.05) is 5.69 Å². The monoisotopic (exact) mass is 417 g/mol. The molecule has 1 saturated carbocycles. The van der Waals surface area contributed by atoms with E-state index in [1.54, 1.807) is 6.07 Å². The molecule has 0 radical (unpaired) electrons. The number of carbonyl (C=O) groups is 1. The summed E-state index contributed by atoms with van der Waals surface area (Å²) in [5.41, 5.74) is 2.36. The number of hydrogen-bond donors (Lipinski definition) is 1. The first kappa shape index (κ1) is 21.4. The fourth-order valence-corrected chi connectivity index (χ4v) is 4.47. The fraction of sp³-hybridized carbons (Fsp3) is 0.407. The van der Waals surface area contributed by atoms with E-state index < -0.39 is 5.97 Å². The Hall–Kier alpha value is -2.88. The maximum Gasteiger partial charge on any atom is 0.354 e. The number of ether oxygens (including phenoxy) is 1. The van der Waals surface area contributed by atoms with Crippen molar-refractivity contribution in [2.75, 3.05) is 0 Å². The fourth-order valence-electron chi connectivity index (χ4n) is 4.47. The first-order valence-electron chi connectivity index (χ1n) is 11.2. The lowest BCUT2D eigenvalue weighted by Gasteiger charge is -2.19. The normalized spacial score (nSPS) is 16.5. The molecule has 1 aromatic carbocycles. The van der Waals surface area contributed by atoms with Gasteiger partial charge in [-0.1, -0.05) is 64.7 Å². The van der Waals surface area contributed by atoms with Gasteiger partial charge in [-0.2, -0.15) is 0 Å². The molecule has 162 valence electrons. The summed E-state index contributed by atoms with van der Waals surface area (Å²) < 4.78 is 6.15. The molecule has 1 fully saturated rings. The molecule has 0 atom stereocenters. The van der Waals surface area contributed by atoms with Crippen molar-refractivity contribution < 1.29 is 14.6 Å². The van der Waals surface area contributed by atoms with Gasteiger partial charge in [0.05, 0.1) is 0 Å². The summed E-state index contributed by atoms with van der Waals surface area (Å²) in [6.45, 7) is 6.57. The lowest BCUT2D eigenvalue weighted by Crippen LogP contribution is -2.33. The highest BCUT2D eigenvalue weighted by Gasteiger charge is 2.19. The number of benzene rings is 1. The summed E-state index contributed by atoms with van der Waals surface area (Å²) in [5, 5.41) is 11.5. The SMILES string of the molecule is CC(C)(C)c1ccc(OC2=CCC=c3c(CC4CCCC4)nc(C(=O)O)cc3=C2)cc1. The maximum atomic E-state index is 11.7. The van der Waals surface area contributed by atoms with Gasteiger partial charge in [0.15, 0.2) is 0 Å². The summed E-state index contributed by atoms with van der Waals surface area (Å²) >= 11 is 0. The Morgan fingerprint density at radius 2 is 1.84 bits per heavy atom. The molecular formula is C27H31NO3. The van der Waals surface area contributed by atoms with E-state index in [2.05, 4.69) is 44.0 Å². The Morgan fingerprint density at radius 1 is 1.13 bits per heavy atom. The molecule has 0 aliphatic heterocycles. The first-order chi connectivity index (χ1) is 14.8. The third-order valence-electron chi connectivity index (χ3n) is 6.24. The van der Waals surface area contributed by atoms with Crippen LogP contribution < -0.4 is 15.2 Å². The predicted octanol–water partition coefficient (Wildman–Crippen LogP) is 4.74. The van der Waals surface area contributed by atoms with Crippen molar-refractivity contribution in [3.63, 3.8) is 0 Å². The van der Waals surface area contributed by atoms with E-state index in [-0.39, 0.29) is 11.1 Å². The predicted molar refractivity (Wildman–Crippen MR) is 124 cm³/mol. The molecule has 0 bridgehead atoms. The smallest absolute Gasteiger partial charge is 0.354 e. The van der Waals surface area contributed by atoms with Gasteiger partial charge in [-0.25, -0.2) is 9.78 Å². The first-order valence-corrected chi connectivity index (χ1v) is 11.2. The zero-order chi connectivity index (χ0) is 22.0. The van der Waals surface area contributed by atoms with E-state index >= 15 is 0 Å². The van der Waals surface area contributed by atoms with Crippen molar-refractivity contribution in [1.82, 2.24) is 4.98 Å². The number of carboxylic acid groups (broad SMARTS) is 1. The molecule has 4 rings (SSSR count). The van der Waals surface area contributed by atoms with Crippen LogP contribution in [-0.4, -0.2) is 16.1 Å². The number of rotatable bonds is 5. The minimum absolute atomic E-state index is 0.0933. The lowest BCUT2D eigenvalue weighted by atomic mass is 9.87. The summed E-state index contributed by atoms with van der Waals surface area (Å²) in [5.74, 6) is 1.12. The van der Waals surface area contributed by atoms with Crippen LogP contribution in [0, 0.1) is 5.92 Å². The van der Waals surface area contributed by atoms with Gasteiger partial charge in [-0.05, 0) is 70.5 Å². The number of nitrogens with zero attached hydrogens (tertiary/aromatic N) is 1. The van der Waals surface area contributed by atoms with Crippen molar-refractivity contribution in [3.05, 3.63) is 69.6 Å². The van der Waals surface area contributed by atoms with Gasteiger partial charge in [0.2, 0.25) is 0 Å². The largest absolute Gasteiger partial charge is 0.477 e. The number of carboxylic acids is 1. The van der Waals surface area contributed by atoms with Crippen molar-refractivity contribution >= 4 is 18.1 Å². The summed E-state index contributed by atoms with van der Waals surface area (Å²) in [6.07, 6.45) is 12.6. The molecule has 0 unspecified atom stereocenters. The van der Waals surface area contributed by atoms with E-state index in [0.29, 0.717) is 5.92 Å². The van der Waals surface area contributed by atoms with Crippen LogP contribution in [0.1, 0.15) is 74.6 Å². The van der Waals surface area contributed by atoms with Crippen molar-refractivity contribution in [3.8, 4) is 5.75 Å². The molecule has 2 aliphatic rings. The highest BCUT2D eigenvalue weighted by molar-refractivity contribution is 5.85. The quantitative estimate of drug-likeness (QED) is 0.764. The van der Waals surface area contributed by atoms with Gasteiger partial charge >= 0.3 is 5.97 Å². The Morgan fingerprint density at radius 3 is 2.48 bits per heavy atom. The molecule has 4 nitrogen and oxygen atoms in total. The number of fused-ring (bicyclic) bond motifs is 1. The van der Waals surface area contributed by atoms with Gasteiger partial charge in [-0.15, -0.1) is 0 Å². The second-order valence-corrected chi connectivity index (χ2v) is 9.68. The van der Waals surface area contributed by atoms with Crippen LogP contribution >= 0.6 is 0 Å². The Balaban J connectivity index is 1.66. The summed E-state index contributed by atoms with van der Waals surface area (Å²) in [4.78, 5) is 16.2. The van der Waals surface area contributed by atoms with Crippen LogP contribution in [0.2, 0.25) is 0 Å². The van der Waals surface area contributed by atoms with Crippen molar-refractivity contribution in [2.45, 2.75) is 64.7 Å². The molecule has 1 aromatic heterocycles. The Kier molecular flexibility index (Phi) is 5.99. The van der Waals surface area contributed by atoms with E-state index in [1.165, 1.54) is 31.2 Å². The number of pyridine rings is 1. The van der Waals surface area contributed by atoms with E-state index in [9.17, 15) is 9.90 Å². The van der Waals surface area contributed by atoms with Gasteiger partial charge in [-0.3, -0.25) is 0 Å². The van der Waals surface area contributed by atoms with Crippen molar-refractivity contribution in [2.24, 2.45) is 5.92 Å². The topological polar surface area (TPSA) is 59.4 Å². The molecule has 1 heterocycles. The molecule has 4 heteroatoms. The van der Waals surface area contributed by atoms with Crippen molar-refractivity contribution in [1.29, 1.82) is 0 Å². The highest BCUT2D eigenvalue weighted by atomic mass is 16.5. The molecule has 0 spiro atoms. The van der Waals surface area contributed by atoms with Gasteiger partial charge < -0.3 is 9.84 Å². The average molecular weight is 418 g/mol. The van der Waals surface area contributed by atoms with Gasteiger partial charge in [0.1, 0.15) is 17.2 Å². The molecule has 0 amide bonds. The molecule has 2 aromatic rings. The molecule has 31 heavy (non-hydrogen) atoms. The average Bonchev–Trinajstić information content (AvgIpc) is 3.13. The maximum absolute atomic E-state index is 11.7. The summed E-state index contributed by atoms with van der Waals surface area (Å²) in [6, 6.07) is 9.84. The molecule has 0 saturated heterocycles. The minimum Gasteiger partial charge on any atom is -0.477 e. The number of aromatic nitrogens is 1. The van der Waals surface area contributed by atoms with Crippen LogP contribution in [-0.2, 0) is 11.8 Å². The molecule has 2 aliphatic carbocycles.